The Balaban J connectivity index is 0.000000646. The summed E-state index contributed by atoms with van der Waals surface area (Å²) in [5.41, 5.74) is 3.46. The first-order valence-electron chi connectivity index (χ1n) is 7.55. The van der Waals surface area contributed by atoms with Gasteiger partial charge in [-0.05, 0) is 50.2 Å². The van der Waals surface area contributed by atoms with Crippen molar-refractivity contribution in [3.8, 4) is 22.8 Å². The zero-order chi connectivity index (χ0) is 19.4. The average molecular weight is 410 g/mol. The summed E-state index contributed by atoms with van der Waals surface area (Å²) >= 11 is 0. The Morgan fingerprint density at radius 3 is 1.30 bits per heavy atom. The van der Waals surface area contributed by atoms with Gasteiger partial charge in [-0.3, -0.25) is 9.97 Å². The van der Waals surface area contributed by atoms with Gasteiger partial charge in [0.15, 0.2) is 0 Å². The van der Waals surface area contributed by atoms with Gasteiger partial charge >= 0.3 is 16.8 Å². The van der Waals surface area contributed by atoms with Gasteiger partial charge in [-0.2, -0.15) is 0 Å². The Labute approximate surface area is 167 Å². The van der Waals surface area contributed by atoms with E-state index >= 15 is 0 Å². The van der Waals surface area contributed by atoms with Crippen LogP contribution in [0.1, 0.15) is 13.8 Å². The second kappa shape index (κ2) is 13.1. The van der Waals surface area contributed by atoms with Crippen LogP contribution in [0.2, 0.25) is 0 Å². The Bertz CT molecular complexity index is 756. The van der Waals surface area contributed by atoms with E-state index in [1.807, 2.05) is 54.6 Å². The van der Waals surface area contributed by atoms with Gasteiger partial charge in [0, 0.05) is 24.3 Å². The third-order valence-corrected chi connectivity index (χ3v) is 2.60. The van der Waals surface area contributed by atoms with E-state index in [0.717, 1.165) is 36.6 Å². The Hall–Kier alpha value is -3.10. The molecule has 0 N–H and O–H groups in total. The molecule has 0 fully saturated rings. The van der Waals surface area contributed by atoms with Crippen LogP contribution in [0.5, 0.6) is 0 Å². The zero-order valence-electron chi connectivity index (χ0n) is 14.7. The molecule has 0 aliphatic heterocycles. The smallest absolute Gasteiger partial charge is 0.550 e. The van der Waals surface area contributed by atoms with Crippen molar-refractivity contribution in [3.05, 3.63) is 67.0 Å². The van der Waals surface area contributed by atoms with Gasteiger partial charge in [0.05, 0.1) is 22.8 Å². The van der Waals surface area contributed by atoms with Crippen LogP contribution in [-0.4, -0.2) is 26.9 Å². The van der Waals surface area contributed by atoms with Crippen molar-refractivity contribution >= 4 is 11.9 Å². The third kappa shape index (κ3) is 10.5. The molecule has 0 atom stereocenters. The van der Waals surface area contributed by atoms with Gasteiger partial charge in [0.25, 0.3) is 0 Å². The van der Waals surface area contributed by atoms with Crippen molar-refractivity contribution in [2.24, 2.45) is 0 Å². The summed E-state index contributed by atoms with van der Waals surface area (Å²) in [5.74, 6) is -2.17. The number of carboxylic acids is 2. The summed E-state index contributed by atoms with van der Waals surface area (Å²) < 4.78 is 0. The standard InChI is InChI=1S/C15H11N3.2C2H4O2.Co/c1-3-10-16-12(6-1)14-8-5-9-15(18-14)13-7-2-4-11-17-13;2*1-2(3)4;/h1-11H;2*1H3,(H,3,4);/q;;;+2/p-2. The van der Waals surface area contributed by atoms with Gasteiger partial charge in [0.1, 0.15) is 0 Å². The molecule has 8 heteroatoms. The molecule has 3 rings (SSSR count). The predicted molar refractivity (Wildman–Crippen MR) is 92.1 cm³/mol. The molecule has 0 saturated heterocycles. The van der Waals surface area contributed by atoms with E-state index in [-0.39, 0.29) is 16.8 Å². The monoisotopic (exact) mass is 410 g/mol. The predicted octanol–water partition coefficient (Wildman–Crippen LogP) is 0.716. The molecule has 3 heterocycles. The fourth-order valence-corrected chi connectivity index (χ4v) is 1.75. The molecule has 3 aromatic rings. The number of aromatic nitrogens is 3. The number of pyridine rings is 3. The summed E-state index contributed by atoms with van der Waals surface area (Å²) in [6, 6.07) is 17.5. The Kier molecular flexibility index (Phi) is 11.6. The molecule has 0 aliphatic carbocycles. The van der Waals surface area contributed by atoms with Crippen LogP contribution in [0, 0.1) is 0 Å². The first kappa shape index (κ1) is 23.9. The number of hydrogen-bond donors (Lipinski definition) is 0. The van der Waals surface area contributed by atoms with Gasteiger partial charge < -0.3 is 19.8 Å². The van der Waals surface area contributed by atoms with Crippen LogP contribution in [0.4, 0.5) is 0 Å². The molecule has 141 valence electrons. The summed E-state index contributed by atoms with van der Waals surface area (Å²) in [5, 5.41) is 17.8. The number of carbonyl (C=O) groups excluding carboxylic acids is 2. The van der Waals surface area contributed by atoms with Crippen molar-refractivity contribution in [3.63, 3.8) is 0 Å². The van der Waals surface area contributed by atoms with Crippen LogP contribution in [0.25, 0.3) is 22.8 Å². The number of hydrogen-bond acceptors (Lipinski definition) is 7. The molecule has 7 nitrogen and oxygen atoms in total. The number of rotatable bonds is 2. The van der Waals surface area contributed by atoms with E-state index in [4.69, 9.17) is 19.8 Å². The average Bonchev–Trinajstić information content (AvgIpc) is 2.62. The molecule has 0 bridgehead atoms. The molecule has 0 saturated carbocycles. The number of carbonyl (C=O) groups is 2. The molecular formula is C19H17CoN3O4. The Morgan fingerprint density at radius 1 is 0.667 bits per heavy atom. The van der Waals surface area contributed by atoms with Crippen molar-refractivity contribution in [1.29, 1.82) is 0 Å². The fourth-order valence-electron chi connectivity index (χ4n) is 1.75. The van der Waals surface area contributed by atoms with Gasteiger partial charge in [-0.15, -0.1) is 0 Å². The van der Waals surface area contributed by atoms with E-state index in [1.165, 1.54) is 0 Å². The van der Waals surface area contributed by atoms with Crippen LogP contribution >= 0.6 is 0 Å². The van der Waals surface area contributed by atoms with Gasteiger partial charge in [-0.1, -0.05) is 18.2 Å². The molecule has 27 heavy (non-hydrogen) atoms. The topological polar surface area (TPSA) is 119 Å². The van der Waals surface area contributed by atoms with Crippen LogP contribution in [-0.2, 0) is 26.4 Å². The second-order valence-electron chi connectivity index (χ2n) is 4.82. The van der Waals surface area contributed by atoms with E-state index in [2.05, 4.69) is 15.0 Å². The van der Waals surface area contributed by atoms with Gasteiger partial charge in [-0.25, -0.2) is 4.98 Å². The molecule has 1 radical (unpaired) electrons. The normalized spacial score (nSPS) is 8.67. The molecule has 0 unspecified atom stereocenters. The minimum Gasteiger partial charge on any atom is -0.550 e. The molecular weight excluding hydrogens is 393 g/mol. The number of nitrogens with zero attached hydrogens (tertiary/aromatic N) is 3. The fraction of sp³-hybridized carbons (Fsp3) is 0.105. The van der Waals surface area contributed by atoms with Crippen molar-refractivity contribution < 1.29 is 36.6 Å². The van der Waals surface area contributed by atoms with Crippen molar-refractivity contribution in [1.82, 2.24) is 15.0 Å². The molecule has 0 aliphatic rings. The minimum atomic E-state index is -1.08. The van der Waals surface area contributed by atoms with Crippen molar-refractivity contribution in [2.45, 2.75) is 13.8 Å². The Morgan fingerprint density at radius 2 is 1.00 bits per heavy atom. The quantitative estimate of drug-likeness (QED) is 0.611. The van der Waals surface area contributed by atoms with Crippen LogP contribution < -0.4 is 10.2 Å². The minimum absolute atomic E-state index is 0. The largest absolute Gasteiger partial charge is 2.00 e. The summed E-state index contributed by atoms with van der Waals surface area (Å²) in [6.07, 6.45) is 3.54. The maximum Gasteiger partial charge on any atom is 2.00 e. The number of carboxylic acid groups (broad SMARTS) is 2. The first-order valence-corrected chi connectivity index (χ1v) is 7.55. The molecule has 0 spiro atoms. The van der Waals surface area contributed by atoms with E-state index < -0.39 is 11.9 Å². The first-order chi connectivity index (χ1) is 12.4. The second-order valence-corrected chi connectivity index (χ2v) is 4.82. The number of aliphatic carboxylic acids is 2. The summed E-state index contributed by atoms with van der Waals surface area (Å²) in [4.78, 5) is 31.0. The van der Waals surface area contributed by atoms with E-state index in [0.29, 0.717) is 0 Å². The van der Waals surface area contributed by atoms with Gasteiger partial charge in [0.2, 0.25) is 0 Å². The molecule has 0 amide bonds. The maximum atomic E-state index is 8.89. The maximum absolute atomic E-state index is 8.89. The van der Waals surface area contributed by atoms with Crippen LogP contribution in [0.15, 0.2) is 67.0 Å². The zero-order valence-corrected chi connectivity index (χ0v) is 15.7. The molecule has 0 aromatic carbocycles. The molecule has 3 aromatic heterocycles. The van der Waals surface area contributed by atoms with Crippen molar-refractivity contribution in [2.75, 3.05) is 0 Å². The van der Waals surface area contributed by atoms with E-state index in [9.17, 15) is 0 Å². The summed E-state index contributed by atoms with van der Waals surface area (Å²) in [6.45, 7) is 1.94. The summed E-state index contributed by atoms with van der Waals surface area (Å²) in [7, 11) is 0. The third-order valence-electron chi connectivity index (χ3n) is 2.60. The SMILES string of the molecule is CC(=O)[O-].CC(=O)[O-].[Co+2].c1ccc(-c2cccc(-c3ccccn3)n2)nc1. The van der Waals surface area contributed by atoms with Crippen LogP contribution in [0.3, 0.4) is 0 Å². The van der Waals surface area contributed by atoms with E-state index in [1.54, 1.807) is 12.4 Å².